The lowest BCUT2D eigenvalue weighted by atomic mass is 10.2. The number of carbonyl (C=O) groups is 1. The van der Waals surface area contributed by atoms with Crippen LogP contribution in [-0.4, -0.2) is 17.6 Å². The normalized spacial score (nSPS) is 10.1. The molecular formula is C14H15N3O2. The van der Waals surface area contributed by atoms with E-state index < -0.39 is 5.97 Å². The van der Waals surface area contributed by atoms with E-state index >= 15 is 0 Å². The second kappa shape index (κ2) is 5.86. The molecule has 0 spiro atoms. The highest BCUT2D eigenvalue weighted by molar-refractivity contribution is 5.91. The number of nitrogen functional groups attached to an aromatic ring is 2. The van der Waals surface area contributed by atoms with E-state index in [0.29, 0.717) is 30.0 Å². The first kappa shape index (κ1) is 12.9. The number of ether oxygens (including phenoxy) is 1. The van der Waals surface area contributed by atoms with Crippen molar-refractivity contribution >= 4 is 17.3 Å². The van der Waals surface area contributed by atoms with Crippen LogP contribution in [-0.2, 0) is 11.2 Å². The van der Waals surface area contributed by atoms with Crippen LogP contribution in [0.15, 0.2) is 42.7 Å². The highest BCUT2D eigenvalue weighted by Crippen LogP contribution is 2.14. The Labute approximate surface area is 111 Å². The summed E-state index contributed by atoms with van der Waals surface area (Å²) in [5, 5.41) is 0. The van der Waals surface area contributed by atoms with Crippen LogP contribution >= 0.6 is 0 Å². The number of hydrogen-bond donors (Lipinski definition) is 2. The Morgan fingerprint density at radius 3 is 2.37 bits per heavy atom. The zero-order chi connectivity index (χ0) is 13.7. The van der Waals surface area contributed by atoms with Crippen LogP contribution in [0, 0.1) is 0 Å². The maximum atomic E-state index is 11.8. The molecule has 0 unspecified atom stereocenters. The summed E-state index contributed by atoms with van der Waals surface area (Å²) in [7, 11) is 0. The quantitative estimate of drug-likeness (QED) is 0.642. The second-order valence-electron chi connectivity index (χ2n) is 4.13. The lowest BCUT2D eigenvalue weighted by Gasteiger charge is -2.06. The third-order valence-corrected chi connectivity index (χ3v) is 2.59. The van der Waals surface area contributed by atoms with Gasteiger partial charge >= 0.3 is 5.97 Å². The summed E-state index contributed by atoms with van der Waals surface area (Å²) in [6.45, 7) is 0.303. The fourth-order valence-corrected chi connectivity index (χ4v) is 1.69. The molecule has 0 aliphatic carbocycles. The molecule has 2 rings (SSSR count). The van der Waals surface area contributed by atoms with Gasteiger partial charge in [0.1, 0.15) is 0 Å². The number of nitrogens with zero attached hydrogens (tertiary/aromatic N) is 1. The molecule has 5 nitrogen and oxygen atoms in total. The number of carbonyl (C=O) groups excluding carboxylic acids is 1. The third-order valence-electron chi connectivity index (χ3n) is 2.59. The van der Waals surface area contributed by atoms with Gasteiger partial charge in [0.15, 0.2) is 0 Å². The zero-order valence-electron chi connectivity index (χ0n) is 10.4. The first-order valence-corrected chi connectivity index (χ1v) is 5.87. The summed E-state index contributed by atoms with van der Waals surface area (Å²) in [6, 6.07) is 8.45. The van der Waals surface area contributed by atoms with Crippen LogP contribution in [0.2, 0.25) is 0 Å². The zero-order valence-corrected chi connectivity index (χ0v) is 10.4. The smallest absolute Gasteiger partial charge is 0.338 e. The minimum Gasteiger partial charge on any atom is -0.462 e. The van der Waals surface area contributed by atoms with Crippen molar-refractivity contribution in [1.82, 2.24) is 4.98 Å². The molecule has 0 amide bonds. The Hall–Kier alpha value is -2.56. The van der Waals surface area contributed by atoms with Crippen LogP contribution in [0.1, 0.15) is 15.9 Å². The van der Waals surface area contributed by atoms with Crippen LogP contribution in [0.25, 0.3) is 0 Å². The molecule has 19 heavy (non-hydrogen) atoms. The molecule has 0 radical (unpaired) electrons. The maximum Gasteiger partial charge on any atom is 0.338 e. The summed E-state index contributed by atoms with van der Waals surface area (Å²) in [4.78, 5) is 15.7. The predicted octanol–water partition coefficient (Wildman–Crippen LogP) is 1.65. The largest absolute Gasteiger partial charge is 0.462 e. The van der Waals surface area contributed by atoms with Crippen molar-refractivity contribution in [3.8, 4) is 0 Å². The van der Waals surface area contributed by atoms with Gasteiger partial charge < -0.3 is 16.2 Å². The van der Waals surface area contributed by atoms with Crippen molar-refractivity contribution in [2.75, 3.05) is 18.1 Å². The number of hydrogen-bond acceptors (Lipinski definition) is 5. The number of nitrogens with two attached hydrogens (primary N) is 2. The molecule has 0 aliphatic heterocycles. The molecule has 0 atom stereocenters. The number of rotatable bonds is 4. The van der Waals surface area contributed by atoms with Gasteiger partial charge in [-0.3, -0.25) is 4.98 Å². The molecule has 5 heteroatoms. The van der Waals surface area contributed by atoms with Crippen molar-refractivity contribution in [2.45, 2.75) is 6.42 Å². The van der Waals surface area contributed by atoms with Crippen LogP contribution < -0.4 is 11.5 Å². The number of anilines is 2. The lowest BCUT2D eigenvalue weighted by molar-refractivity contribution is 0.0509. The topological polar surface area (TPSA) is 91.2 Å². The average Bonchev–Trinajstić information content (AvgIpc) is 2.38. The van der Waals surface area contributed by atoms with Gasteiger partial charge in [-0.1, -0.05) is 0 Å². The summed E-state index contributed by atoms with van der Waals surface area (Å²) in [5.74, 6) is -0.423. The highest BCUT2D eigenvalue weighted by atomic mass is 16.5. The Kier molecular flexibility index (Phi) is 3.97. The van der Waals surface area contributed by atoms with Gasteiger partial charge in [0.25, 0.3) is 0 Å². The Balaban J connectivity index is 1.91. The minimum atomic E-state index is -0.423. The maximum absolute atomic E-state index is 11.8. The second-order valence-corrected chi connectivity index (χ2v) is 4.13. The van der Waals surface area contributed by atoms with Crippen molar-refractivity contribution < 1.29 is 9.53 Å². The summed E-state index contributed by atoms with van der Waals surface area (Å²) < 4.78 is 5.17. The molecule has 98 valence electrons. The van der Waals surface area contributed by atoms with Gasteiger partial charge in [0.2, 0.25) is 0 Å². The molecule has 0 saturated carbocycles. The predicted molar refractivity (Wildman–Crippen MR) is 73.5 cm³/mol. The van der Waals surface area contributed by atoms with Gasteiger partial charge in [0.05, 0.1) is 12.2 Å². The van der Waals surface area contributed by atoms with Gasteiger partial charge in [0, 0.05) is 30.2 Å². The van der Waals surface area contributed by atoms with Gasteiger partial charge in [-0.05, 0) is 35.9 Å². The molecule has 1 heterocycles. The Morgan fingerprint density at radius 2 is 1.74 bits per heavy atom. The molecular weight excluding hydrogens is 242 g/mol. The van der Waals surface area contributed by atoms with Crippen LogP contribution in [0.4, 0.5) is 11.4 Å². The van der Waals surface area contributed by atoms with E-state index in [4.69, 9.17) is 16.2 Å². The lowest BCUT2D eigenvalue weighted by Crippen LogP contribution is -2.09. The van der Waals surface area contributed by atoms with Crippen molar-refractivity contribution in [3.05, 3.63) is 53.9 Å². The Morgan fingerprint density at radius 1 is 1.11 bits per heavy atom. The van der Waals surface area contributed by atoms with Crippen LogP contribution in [0.3, 0.4) is 0 Å². The summed E-state index contributed by atoms with van der Waals surface area (Å²) in [5.41, 5.74) is 13.6. The highest BCUT2D eigenvalue weighted by Gasteiger charge is 2.08. The number of esters is 1. The van der Waals surface area contributed by atoms with E-state index in [1.54, 1.807) is 30.6 Å². The first-order valence-electron chi connectivity index (χ1n) is 5.87. The van der Waals surface area contributed by atoms with E-state index in [9.17, 15) is 4.79 Å². The summed E-state index contributed by atoms with van der Waals surface area (Å²) >= 11 is 0. The van der Waals surface area contributed by atoms with Gasteiger partial charge in [-0.25, -0.2) is 4.79 Å². The number of pyridine rings is 1. The summed E-state index contributed by atoms with van der Waals surface area (Å²) in [6.07, 6.45) is 4.05. The number of benzene rings is 1. The molecule has 0 fully saturated rings. The van der Waals surface area contributed by atoms with Crippen LogP contribution in [0.5, 0.6) is 0 Å². The molecule has 4 N–H and O–H groups in total. The van der Waals surface area contributed by atoms with Gasteiger partial charge in [-0.2, -0.15) is 0 Å². The average molecular weight is 257 g/mol. The third kappa shape index (κ3) is 3.70. The molecule has 2 aromatic rings. The fourth-order valence-electron chi connectivity index (χ4n) is 1.69. The molecule has 0 aliphatic rings. The van der Waals surface area contributed by atoms with Crippen molar-refractivity contribution in [1.29, 1.82) is 0 Å². The standard InChI is InChI=1S/C14H15N3O2/c15-12-7-11(8-13(16)9-12)14(18)19-6-3-10-1-4-17-5-2-10/h1-2,4-5,7-9H,3,6,15-16H2. The monoisotopic (exact) mass is 257 g/mol. The fraction of sp³-hybridized carbons (Fsp3) is 0.143. The van der Waals surface area contributed by atoms with Crippen molar-refractivity contribution in [3.63, 3.8) is 0 Å². The molecule has 0 saturated heterocycles. The SMILES string of the molecule is Nc1cc(N)cc(C(=O)OCCc2ccncc2)c1. The molecule has 0 bridgehead atoms. The van der Waals surface area contributed by atoms with E-state index in [2.05, 4.69) is 4.98 Å². The van der Waals surface area contributed by atoms with Crippen molar-refractivity contribution in [2.24, 2.45) is 0 Å². The Bertz CT molecular complexity index is 550. The van der Waals surface area contributed by atoms with E-state index in [1.807, 2.05) is 12.1 Å². The minimum absolute atomic E-state index is 0.303. The first-order chi connectivity index (χ1) is 9.15. The van der Waals surface area contributed by atoms with Gasteiger partial charge in [-0.15, -0.1) is 0 Å². The molecule has 1 aromatic carbocycles. The number of aromatic nitrogens is 1. The van der Waals surface area contributed by atoms with E-state index in [0.717, 1.165) is 5.56 Å². The van der Waals surface area contributed by atoms with E-state index in [-0.39, 0.29) is 0 Å². The molecule has 1 aromatic heterocycles. The van der Waals surface area contributed by atoms with E-state index in [1.165, 1.54) is 0 Å².